The summed E-state index contributed by atoms with van der Waals surface area (Å²) >= 11 is 0. The molecule has 0 amide bonds. The number of aromatic carboxylic acids is 1. The average Bonchev–Trinajstić information content (AvgIpc) is 1.82. The third kappa shape index (κ3) is 2.51. The van der Waals surface area contributed by atoms with Gasteiger partial charge in [-0.1, -0.05) is 6.07 Å². The van der Waals surface area contributed by atoms with Crippen LogP contribution in [0.15, 0.2) is 6.07 Å². The molecule has 1 aromatic rings. The maximum atomic E-state index is 12.5. The first-order valence-corrected chi connectivity index (χ1v) is 2.82. The van der Waals surface area contributed by atoms with Crippen LogP contribution in [0.5, 0.6) is 0 Å². The number of hydrogen-bond donors (Lipinski definition) is 1. The number of hydrogen-bond acceptors (Lipinski definition) is 1. The summed E-state index contributed by atoms with van der Waals surface area (Å²) in [5.41, 5.74) is -1.20. The van der Waals surface area contributed by atoms with E-state index in [-0.39, 0.29) is 24.9 Å². The Hall–Kier alpha value is -0.923. The smallest absolute Gasteiger partial charge is 0.487 e. The van der Waals surface area contributed by atoms with Gasteiger partial charge in [0.25, 0.3) is 5.97 Å². The molecule has 0 unspecified atom stereocenters. The average molecular weight is 182 g/mol. The molecule has 6 heteroatoms. The fraction of sp³-hybridized carbons (Fsp3) is 0. The van der Waals surface area contributed by atoms with Gasteiger partial charge in [-0.3, -0.25) is 4.79 Å². The molecule has 64 valence electrons. The third-order valence-electron chi connectivity index (χ3n) is 1.15. The van der Waals surface area contributed by atoms with Crippen molar-refractivity contribution in [3.63, 3.8) is 0 Å². The Morgan fingerprint density at radius 2 is 1.92 bits per heavy atom. The molecule has 0 spiro atoms. The Bertz CT molecular complexity index is 318. The minimum Gasteiger partial charge on any atom is -0.487 e. The summed E-state index contributed by atoms with van der Waals surface area (Å²) in [6.45, 7) is 0. The monoisotopic (exact) mass is 182 g/mol. The van der Waals surface area contributed by atoms with Crippen LogP contribution in [-0.4, -0.2) is 11.1 Å². The van der Waals surface area contributed by atoms with Gasteiger partial charge < -0.3 is 5.11 Å². The minimum absolute atomic E-state index is 0. The van der Waals surface area contributed by atoms with Crippen LogP contribution in [0.2, 0.25) is 0 Å². The van der Waals surface area contributed by atoms with E-state index in [0.29, 0.717) is 0 Å². The van der Waals surface area contributed by atoms with E-state index in [1.54, 1.807) is 0 Å². The summed E-state index contributed by atoms with van der Waals surface area (Å²) in [6, 6.07) is 1.66. The van der Waals surface area contributed by atoms with Crippen LogP contribution in [0, 0.1) is 23.5 Å². The summed E-state index contributed by atoms with van der Waals surface area (Å²) in [4.78, 5) is 10.1. The first-order valence-electron chi connectivity index (χ1n) is 2.82. The predicted molar refractivity (Wildman–Crippen MR) is 32.1 cm³/mol. The molecule has 0 atom stereocenters. The maximum absolute atomic E-state index is 12.5. The normalized spacial score (nSPS) is 9.15. The van der Waals surface area contributed by atoms with Gasteiger partial charge in [0.2, 0.25) is 0 Å². The van der Waals surface area contributed by atoms with E-state index >= 15 is 0 Å². The van der Waals surface area contributed by atoms with Crippen LogP contribution in [0.1, 0.15) is 10.4 Å². The van der Waals surface area contributed by atoms with E-state index in [9.17, 15) is 18.0 Å². The van der Waals surface area contributed by atoms with E-state index in [1.165, 1.54) is 6.07 Å². The number of rotatable bonds is 1. The molecule has 2 nitrogen and oxygen atoms in total. The van der Waals surface area contributed by atoms with Crippen LogP contribution < -0.4 is 18.9 Å². The Morgan fingerprint density at radius 1 is 1.38 bits per heavy atom. The van der Waals surface area contributed by atoms with Crippen LogP contribution >= 0.6 is 0 Å². The molecule has 0 aliphatic heterocycles. The van der Waals surface area contributed by atoms with Crippen molar-refractivity contribution in [2.75, 3.05) is 0 Å². The topological polar surface area (TPSA) is 37.3 Å². The second-order valence-electron chi connectivity index (χ2n) is 1.96. The summed E-state index contributed by atoms with van der Waals surface area (Å²) in [5, 5.41) is 8.21. The second-order valence-corrected chi connectivity index (χ2v) is 1.96. The van der Waals surface area contributed by atoms with Crippen molar-refractivity contribution in [1.82, 2.24) is 0 Å². The van der Waals surface area contributed by atoms with Crippen LogP contribution in [0.4, 0.5) is 13.2 Å². The van der Waals surface area contributed by atoms with E-state index < -0.39 is 29.0 Å². The molecule has 0 aromatic heterocycles. The second kappa shape index (κ2) is 4.35. The van der Waals surface area contributed by atoms with E-state index in [0.717, 1.165) is 0 Å². The molecule has 0 fully saturated rings. The van der Waals surface area contributed by atoms with Crippen LogP contribution in [-0.2, 0) is 0 Å². The Labute approximate surface area is 83.5 Å². The van der Waals surface area contributed by atoms with Gasteiger partial charge in [-0.15, -0.1) is 6.07 Å². The van der Waals surface area contributed by atoms with Crippen molar-refractivity contribution in [3.05, 3.63) is 35.1 Å². The van der Waals surface area contributed by atoms with Gasteiger partial charge in [-0.2, -0.15) is 0 Å². The molecule has 1 N–H and O–H groups in total. The minimum atomic E-state index is -1.79. The van der Waals surface area contributed by atoms with Gasteiger partial charge in [0.15, 0.2) is 0 Å². The van der Waals surface area contributed by atoms with Gasteiger partial charge >= 0.3 is 18.9 Å². The van der Waals surface area contributed by atoms with Crippen molar-refractivity contribution >= 4 is 5.97 Å². The van der Waals surface area contributed by atoms with Crippen molar-refractivity contribution in [2.24, 2.45) is 0 Å². The molecule has 1 aromatic carbocycles. The van der Waals surface area contributed by atoms with Crippen LogP contribution in [0.3, 0.4) is 0 Å². The van der Waals surface area contributed by atoms with Crippen molar-refractivity contribution in [1.29, 1.82) is 0 Å². The number of halogens is 3. The van der Waals surface area contributed by atoms with Gasteiger partial charge in [-0.05, 0) is 0 Å². The Balaban J connectivity index is 0.00000144. The van der Waals surface area contributed by atoms with Gasteiger partial charge in [0, 0.05) is 23.0 Å². The van der Waals surface area contributed by atoms with Crippen molar-refractivity contribution in [2.45, 2.75) is 0 Å². The van der Waals surface area contributed by atoms with E-state index in [2.05, 4.69) is 0 Å². The largest absolute Gasteiger partial charge is 1.00 e. The Morgan fingerprint density at radius 3 is 2.31 bits per heavy atom. The quantitative estimate of drug-likeness (QED) is 0.428. The summed E-state index contributed by atoms with van der Waals surface area (Å²) in [7, 11) is 0. The fourth-order valence-corrected chi connectivity index (χ4v) is 0.688. The first-order chi connectivity index (χ1) is 5.52. The van der Waals surface area contributed by atoms with Gasteiger partial charge in [0.1, 0.15) is 0 Å². The molecule has 0 saturated heterocycles. The molecule has 0 radical (unpaired) electrons. The third-order valence-corrected chi connectivity index (χ3v) is 1.15. The standard InChI is InChI=1S/C7H2F3O2.Li/c8-3-1-4(9)6(7(11)12)5(10)2-3;/h1H,(H,11,12);/q-1;+1. The van der Waals surface area contributed by atoms with Crippen LogP contribution in [0.25, 0.3) is 0 Å². The van der Waals surface area contributed by atoms with E-state index in [1.807, 2.05) is 0 Å². The zero-order chi connectivity index (χ0) is 9.30. The summed E-state index contributed by atoms with van der Waals surface area (Å²) < 4.78 is 37.1. The fourth-order valence-electron chi connectivity index (χ4n) is 0.688. The molecule has 0 saturated carbocycles. The number of carboxylic acid groups (broad SMARTS) is 1. The molecule has 13 heavy (non-hydrogen) atoms. The predicted octanol–water partition coefficient (Wildman–Crippen LogP) is -1.39. The van der Waals surface area contributed by atoms with Crippen molar-refractivity contribution < 1.29 is 41.9 Å². The summed E-state index contributed by atoms with van der Waals surface area (Å²) in [5.74, 6) is -6.05. The number of benzene rings is 1. The molecule has 0 aliphatic rings. The number of carbonyl (C=O) groups is 1. The first kappa shape index (κ1) is 12.1. The number of carboxylic acids is 1. The molecule has 0 aliphatic carbocycles. The zero-order valence-electron chi connectivity index (χ0n) is 6.57. The Kier molecular flexibility index (Phi) is 4.04. The molecular formula is C7H2F3LiO2. The molecular weight excluding hydrogens is 180 g/mol. The molecule has 0 heterocycles. The van der Waals surface area contributed by atoms with E-state index in [4.69, 9.17) is 5.11 Å². The van der Waals surface area contributed by atoms with Gasteiger partial charge in [-0.25, -0.2) is 13.2 Å². The molecule has 0 bridgehead atoms. The maximum Gasteiger partial charge on any atom is 1.00 e. The SMILES string of the molecule is O=C(O)c1c(F)[c-]c(F)cc1F.[Li+]. The molecule has 1 rings (SSSR count). The zero-order valence-corrected chi connectivity index (χ0v) is 6.57. The summed E-state index contributed by atoms with van der Waals surface area (Å²) in [6.07, 6.45) is 0. The van der Waals surface area contributed by atoms with Crippen molar-refractivity contribution in [3.8, 4) is 0 Å². The van der Waals surface area contributed by atoms with Gasteiger partial charge in [0.05, 0.1) is 0 Å².